The number of halogens is 1. The molecule has 0 radical (unpaired) electrons. The Kier molecular flexibility index (Phi) is 4.50. The zero-order valence-corrected chi connectivity index (χ0v) is 11.4. The average Bonchev–Trinajstić information content (AvgIpc) is 2.43. The predicted octanol–water partition coefficient (Wildman–Crippen LogP) is 1.37. The molecule has 1 aliphatic rings. The summed E-state index contributed by atoms with van der Waals surface area (Å²) in [5, 5.41) is 6.06. The van der Waals surface area contributed by atoms with Gasteiger partial charge in [0.05, 0.1) is 6.04 Å². The number of anilines is 1. The molecular weight excluding hydrogens is 245 g/mol. The number of hydrogen-bond acceptors (Lipinski definition) is 3. The van der Waals surface area contributed by atoms with Gasteiger partial charge in [0.15, 0.2) is 0 Å². The maximum Gasteiger partial charge on any atom is 0.241 e. The lowest BCUT2D eigenvalue weighted by Gasteiger charge is -2.31. The molecule has 4 nitrogen and oxygen atoms in total. The third-order valence-electron chi connectivity index (χ3n) is 3.54. The topological polar surface area (TPSA) is 44.4 Å². The molecule has 19 heavy (non-hydrogen) atoms. The van der Waals surface area contributed by atoms with Crippen molar-refractivity contribution in [1.82, 2.24) is 10.2 Å². The number of carbonyl (C=O) groups excluding carboxylic acids is 1. The van der Waals surface area contributed by atoms with Crippen molar-refractivity contribution in [1.29, 1.82) is 0 Å². The fraction of sp³-hybridized carbons (Fsp3) is 0.500. The highest BCUT2D eigenvalue weighted by atomic mass is 19.1. The van der Waals surface area contributed by atoms with Crippen LogP contribution in [0.15, 0.2) is 18.2 Å². The number of nitrogens with zero attached hydrogens (tertiary/aromatic N) is 1. The molecule has 1 unspecified atom stereocenters. The summed E-state index contributed by atoms with van der Waals surface area (Å²) >= 11 is 0. The molecule has 1 aromatic carbocycles. The minimum Gasteiger partial charge on any atom is -0.324 e. The number of amides is 1. The number of benzene rings is 1. The summed E-state index contributed by atoms with van der Waals surface area (Å²) in [6.07, 6.45) is 0. The standard InChI is InChI=1S/C14H20FN3O/c1-10-3-4-12(15)9-13(10)17-14(19)11(2)18-7-5-16-6-8-18/h3-4,9,11,16H,5-8H2,1-2H3,(H,17,19). The van der Waals surface area contributed by atoms with E-state index >= 15 is 0 Å². The molecule has 5 heteroatoms. The fourth-order valence-corrected chi connectivity index (χ4v) is 2.20. The van der Waals surface area contributed by atoms with E-state index in [4.69, 9.17) is 0 Å². The van der Waals surface area contributed by atoms with Gasteiger partial charge in [-0.05, 0) is 31.5 Å². The molecule has 1 fully saturated rings. The number of hydrogen-bond donors (Lipinski definition) is 2. The second-order valence-corrected chi connectivity index (χ2v) is 4.91. The Bertz CT molecular complexity index is 458. The summed E-state index contributed by atoms with van der Waals surface area (Å²) < 4.78 is 13.2. The highest BCUT2D eigenvalue weighted by molar-refractivity contribution is 5.95. The van der Waals surface area contributed by atoms with Crippen molar-refractivity contribution in [3.8, 4) is 0 Å². The maximum absolute atomic E-state index is 13.2. The lowest BCUT2D eigenvalue weighted by atomic mass is 10.1. The Morgan fingerprint density at radius 1 is 1.42 bits per heavy atom. The van der Waals surface area contributed by atoms with E-state index in [2.05, 4.69) is 15.5 Å². The maximum atomic E-state index is 13.2. The van der Waals surface area contributed by atoms with Gasteiger partial charge in [-0.2, -0.15) is 0 Å². The number of aryl methyl sites for hydroxylation is 1. The number of piperazine rings is 1. The lowest BCUT2D eigenvalue weighted by molar-refractivity contribution is -0.120. The van der Waals surface area contributed by atoms with Gasteiger partial charge in [-0.15, -0.1) is 0 Å². The summed E-state index contributed by atoms with van der Waals surface area (Å²) in [6, 6.07) is 4.22. The molecule has 1 aliphatic heterocycles. The van der Waals surface area contributed by atoms with E-state index in [-0.39, 0.29) is 17.8 Å². The van der Waals surface area contributed by atoms with Gasteiger partial charge in [-0.3, -0.25) is 9.69 Å². The van der Waals surface area contributed by atoms with E-state index < -0.39 is 0 Å². The monoisotopic (exact) mass is 265 g/mol. The number of carbonyl (C=O) groups is 1. The van der Waals surface area contributed by atoms with Crippen LogP contribution < -0.4 is 10.6 Å². The second kappa shape index (κ2) is 6.12. The smallest absolute Gasteiger partial charge is 0.241 e. The molecule has 2 N–H and O–H groups in total. The number of nitrogens with one attached hydrogen (secondary N) is 2. The van der Waals surface area contributed by atoms with Crippen molar-refractivity contribution in [3.05, 3.63) is 29.6 Å². The van der Waals surface area contributed by atoms with Gasteiger partial charge in [0.2, 0.25) is 5.91 Å². The first-order valence-corrected chi connectivity index (χ1v) is 6.59. The molecule has 0 spiro atoms. The quantitative estimate of drug-likeness (QED) is 0.867. The van der Waals surface area contributed by atoms with Gasteiger partial charge < -0.3 is 10.6 Å². The fourth-order valence-electron chi connectivity index (χ4n) is 2.20. The van der Waals surface area contributed by atoms with Gasteiger partial charge in [0, 0.05) is 31.9 Å². The summed E-state index contributed by atoms with van der Waals surface area (Å²) in [5.74, 6) is -0.425. The summed E-state index contributed by atoms with van der Waals surface area (Å²) in [4.78, 5) is 14.3. The molecule has 1 saturated heterocycles. The normalized spacial score (nSPS) is 18.1. The lowest BCUT2D eigenvalue weighted by Crippen LogP contribution is -2.51. The van der Waals surface area contributed by atoms with Crippen LogP contribution in [0.2, 0.25) is 0 Å². The summed E-state index contributed by atoms with van der Waals surface area (Å²) in [7, 11) is 0. The van der Waals surface area contributed by atoms with Gasteiger partial charge in [-0.1, -0.05) is 6.07 Å². The SMILES string of the molecule is Cc1ccc(F)cc1NC(=O)C(C)N1CCNCC1. The van der Waals surface area contributed by atoms with Crippen LogP contribution in [-0.4, -0.2) is 43.0 Å². The molecule has 1 atom stereocenters. The first-order chi connectivity index (χ1) is 9.08. The Morgan fingerprint density at radius 2 is 2.11 bits per heavy atom. The van der Waals surface area contributed by atoms with E-state index in [1.165, 1.54) is 12.1 Å². The van der Waals surface area contributed by atoms with Crippen LogP contribution in [0.5, 0.6) is 0 Å². The zero-order chi connectivity index (χ0) is 13.8. The van der Waals surface area contributed by atoms with Crippen molar-refractivity contribution < 1.29 is 9.18 Å². The van der Waals surface area contributed by atoms with Crippen LogP contribution in [-0.2, 0) is 4.79 Å². The molecule has 0 aliphatic carbocycles. The first-order valence-electron chi connectivity index (χ1n) is 6.59. The Hall–Kier alpha value is -1.46. The van der Waals surface area contributed by atoms with Crippen molar-refractivity contribution >= 4 is 11.6 Å². The minimum absolute atomic E-state index is 0.0874. The third kappa shape index (κ3) is 3.52. The molecule has 0 saturated carbocycles. The second-order valence-electron chi connectivity index (χ2n) is 4.91. The molecular formula is C14H20FN3O. The predicted molar refractivity (Wildman–Crippen MR) is 73.7 cm³/mol. The van der Waals surface area contributed by atoms with Crippen LogP contribution >= 0.6 is 0 Å². The Labute approximate surface area is 113 Å². The zero-order valence-electron chi connectivity index (χ0n) is 11.4. The van der Waals surface area contributed by atoms with Crippen LogP contribution in [0.25, 0.3) is 0 Å². The van der Waals surface area contributed by atoms with Crippen molar-refractivity contribution in [2.24, 2.45) is 0 Å². The first kappa shape index (κ1) is 14.0. The number of rotatable bonds is 3. The molecule has 1 aromatic rings. The van der Waals surface area contributed by atoms with E-state index in [1.807, 2.05) is 13.8 Å². The van der Waals surface area contributed by atoms with Gasteiger partial charge in [0.25, 0.3) is 0 Å². The molecule has 0 aromatic heterocycles. The third-order valence-corrected chi connectivity index (χ3v) is 3.54. The van der Waals surface area contributed by atoms with Crippen molar-refractivity contribution in [2.45, 2.75) is 19.9 Å². The highest BCUT2D eigenvalue weighted by Gasteiger charge is 2.22. The largest absolute Gasteiger partial charge is 0.324 e. The van der Waals surface area contributed by atoms with Gasteiger partial charge >= 0.3 is 0 Å². The molecule has 1 heterocycles. The van der Waals surface area contributed by atoms with Crippen molar-refractivity contribution in [3.63, 3.8) is 0 Å². The average molecular weight is 265 g/mol. The molecule has 104 valence electrons. The minimum atomic E-state index is -0.337. The molecule has 1 amide bonds. The van der Waals surface area contributed by atoms with Gasteiger partial charge in [-0.25, -0.2) is 4.39 Å². The van der Waals surface area contributed by atoms with Crippen LogP contribution in [0.1, 0.15) is 12.5 Å². The summed E-state index contributed by atoms with van der Waals surface area (Å²) in [6.45, 7) is 7.25. The highest BCUT2D eigenvalue weighted by Crippen LogP contribution is 2.16. The molecule has 2 rings (SSSR count). The Morgan fingerprint density at radius 3 is 2.79 bits per heavy atom. The van der Waals surface area contributed by atoms with E-state index in [9.17, 15) is 9.18 Å². The van der Waals surface area contributed by atoms with Crippen LogP contribution in [0, 0.1) is 12.7 Å². The van der Waals surface area contributed by atoms with Crippen LogP contribution in [0.4, 0.5) is 10.1 Å². The van der Waals surface area contributed by atoms with E-state index in [1.54, 1.807) is 6.07 Å². The summed E-state index contributed by atoms with van der Waals surface area (Å²) in [5.41, 5.74) is 1.41. The van der Waals surface area contributed by atoms with E-state index in [0.717, 1.165) is 31.7 Å². The Balaban J connectivity index is 2.01. The van der Waals surface area contributed by atoms with Crippen molar-refractivity contribution in [2.75, 3.05) is 31.5 Å². The van der Waals surface area contributed by atoms with Gasteiger partial charge in [0.1, 0.15) is 5.82 Å². The van der Waals surface area contributed by atoms with Crippen LogP contribution in [0.3, 0.4) is 0 Å². The molecule has 0 bridgehead atoms. The van der Waals surface area contributed by atoms with E-state index in [0.29, 0.717) is 5.69 Å².